The van der Waals surface area contributed by atoms with Crippen molar-refractivity contribution in [2.24, 2.45) is 28.3 Å². The SMILES string of the molecule is CC(C)C[C@H](NC(=O)C1CC(c2cc(Cl)ccc2Cl)=NO1)B1O[C@@H]2C[C@@H]3C[C@@H](C3(C)C)[C@]2(C)O1. The van der Waals surface area contributed by atoms with Crippen LogP contribution in [-0.2, 0) is 18.9 Å². The highest BCUT2D eigenvalue weighted by molar-refractivity contribution is 6.48. The van der Waals surface area contributed by atoms with Crippen LogP contribution in [-0.4, -0.2) is 42.5 Å². The molecule has 4 fully saturated rings. The van der Waals surface area contributed by atoms with Gasteiger partial charge in [0, 0.05) is 22.0 Å². The maximum Gasteiger partial charge on any atom is 0.481 e. The second-order valence-electron chi connectivity index (χ2n) is 11.5. The van der Waals surface area contributed by atoms with Crippen LogP contribution in [0, 0.1) is 23.2 Å². The molecule has 0 spiro atoms. The molecule has 1 unspecified atom stereocenters. The third-order valence-corrected chi connectivity index (χ3v) is 9.12. The van der Waals surface area contributed by atoms with Gasteiger partial charge in [0.05, 0.1) is 23.4 Å². The first-order chi connectivity index (χ1) is 16.0. The molecule has 3 aliphatic carbocycles. The van der Waals surface area contributed by atoms with Crippen molar-refractivity contribution in [3.05, 3.63) is 33.8 Å². The number of carbonyl (C=O) groups is 1. The van der Waals surface area contributed by atoms with Gasteiger partial charge in [-0.05, 0) is 67.6 Å². The summed E-state index contributed by atoms with van der Waals surface area (Å²) in [7, 11) is -0.472. The van der Waals surface area contributed by atoms with E-state index in [-0.39, 0.29) is 29.0 Å². The highest BCUT2D eigenvalue weighted by Gasteiger charge is 2.68. The van der Waals surface area contributed by atoms with Gasteiger partial charge in [-0.1, -0.05) is 56.1 Å². The van der Waals surface area contributed by atoms with Crippen molar-refractivity contribution in [2.75, 3.05) is 0 Å². The number of halogens is 2. The zero-order chi connectivity index (χ0) is 24.4. The number of carbonyl (C=O) groups excluding carboxylic acids is 1. The molecule has 1 amide bonds. The Kier molecular flexibility index (Phi) is 6.24. The van der Waals surface area contributed by atoms with Crippen LogP contribution < -0.4 is 5.32 Å². The number of rotatable bonds is 6. The molecule has 1 aromatic carbocycles. The summed E-state index contributed by atoms with van der Waals surface area (Å²) in [4.78, 5) is 18.7. The molecule has 1 saturated heterocycles. The lowest BCUT2D eigenvalue weighted by Gasteiger charge is -2.64. The molecule has 2 bridgehead atoms. The maximum absolute atomic E-state index is 13.2. The van der Waals surface area contributed by atoms with E-state index in [1.54, 1.807) is 18.2 Å². The first kappa shape index (κ1) is 24.4. The summed E-state index contributed by atoms with van der Waals surface area (Å²) in [6.45, 7) is 11.2. The molecule has 9 heteroatoms. The molecule has 2 aliphatic heterocycles. The molecule has 0 aromatic heterocycles. The van der Waals surface area contributed by atoms with Crippen LogP contribution in [0.4, 0.5) is 0 Å². The molecule has 34 heavy (non-hydrogen) atoms. The Morgan fingerprint density at radius 2 is 2.03 bits per heavy atom. The van der Waals surface area contributed by atoms with Crippen LogP contribution in [0.15, 0.2) is 23.4 Å². The molecule has 5 aliphatic rings. The van der Waals surface area contributed by atoms with Gasteiger partial charge in [0.1, 0.15) is 0 Å². The minimum Gasteiger partial charge on any atom is -0.404 e. The summed E-state index contributed by atoms with van der Waals surface area (Å²) >= 11 is 12.4. The number of amides is 1. The molecule has 184 valence electrons. The third kappa shape index (κ3) is 4.06. The van der Waals surface area contributed by atoms with E-state index in [0.717, 1.165) is 12.8 Å². The molecule has 6 nitrogen and oxygen atoms in total. The summed E-state index contributed by atoms with van der Waals surface area (Å²) in [6, 6.07) is 5.17. The first-order valence-corrected chi connectivity index (χ1v) is 13.1. The second kappa shape index (κ2) is 8.68. The van der Waals surface area contributed by atoms with Gasteiger partial charge in [-0.3, -0.25) is 4.79 Å². The van der Waals surface area contributed by atoms with E-state index in [1.807, 2.05) is 0 Å². The standard InChI is InChI=1S/C25H33BCl2N2O4/c1-13(2)8-22(26-32-21-10-14-9-20(24(14,3)4)25(21,5)34-26)29-23(31)19-12-18(30-33-19)16-11-15(27)6-7-17(16)28/h6-7,11,13-14,19-22H,8-10,12H2,1-5H3,(H,29,31)/t14-,19?,20-,21+,22-,25-/m0/s1. The van der Waals surface area contributed by atoms with E-state index in [1.165, 1.54) is 6.42 Å². The van der Waals surface area contributed by atoms with Crippen molar-refractivity contribution in [1.82, 2.24) is 5.32 Å². The van der Waals surface area contributed by atoms with Gasteiger partial charge in [-0.25, -0.2) is 0 Å². The van der Waals surface area contributed by atoms with Gasteiger partial charge in [0.2, 0.25) is 6.10 Å². The van der Waals surface area contributed by atoms with Gasteiger partial charge >= 0.3 is 7.12 Å². The fourth-order valence-corrected chi connectivity index (χ4v) is 6.89. The summed E-state index contributed by atoms with van der Waals surface area (Å²) in [5, 5.41) is 8.37. The van der Waals surface area contributed by atoms with Crippen LogP contribution in [0.2, 0.25) is 10.0 Å². The predicted molar refractivity (Wildman–Crippen MR) is 134 cm³/mol. The number of nitrogens with one attached hydrogen (secondary N) is 1. The Morgan fingerprint density at radius 1 is 1.26 bits per heavy atom. The largest absolute Gasteiger partial charge is 0.481 e. The minimum atomic E-state index is -0.731. The van der Waals surface area contributed by atoms with Crippen molar-refractivity contribution >= 4 is 41.9 Å². The molecular weight excluding hydrogens is 474 g/mol. The Hall–Kier alpha value is -1.28. The fraction of sp³-hybridized carbons (Fsp3) is 0.680. The van der Waals surface area contributed by atoms with E-state index in [0.29, 0.717) is 45.5 Å². The van der Waals surface area contributed by atoms with Crippen molar-refractivity contribution in [3.63, 3.8) is 0 Å². The molecule has 0 radical (unpaired) electrons. The molecule has 3 saturated carbocycles. The van der Waals surface area contributed by atoms with Crippen LogP contribution in [0.3, 0.4) is 0 Å². The summed E-state index contributed by atoms with van der Waals surface area (Å²) < 4.78 is 13.1. The second-order valence-corrected chi connectivity index (χ2v) is 12.4. The normalized spacial score (nSPS) is 34.2. The van der Waals surface area contributed by atoms with Crippen molar-refractivity contribution in [3.8, 4) is 0 Å². The smallest absolute Gasteiger partial charge is 0.404 e. The Bertz CT molecular complexity index is 1020. The zero-order valence-electron chi connectivity index (χ0n) is 20.4. The summed E-state index contributed by atoms with van der Waals surface area (Å²) in [5.74, 6) is 1.02. The average Bonchev–Trinajstić information content (AvgIpc) is 3.38. The minimum absolute atomic E-state index is 0.0727. The van der Waals surface area contributed by atoms with Crippen LogP contribution in [0.1, 0.15) is 65.9 Å². The van der Waals surface area contributed by atoms with Crippen LogP contribution in [0.5, 0.6) is 0 Å². The molecule has 1 N–H and O–H groups in total. The monoisotopic (exact) mass is 506 g/mol. The Labute approximate surface area is 212 Å². The highest BCUT2D eigenvalue weighted by Crippen LogP contribution is 2.65. The quantitative estimate of drug-likeness (QED) is 0.532. The van der Waals surface area contributed by atoms with Gasteiger partial charge in [-0.2, -0.15) is 0 Å². The average molecular weight is 507 g/mol. The van der Waals surface area contributed by atoms with Gasteiger partial charge in [0.25, 0.3) is 5.91 Å². The number of benzene rings is 1. The lowest BCUT2D eigenvalue weighted by atomic mass is 9.43. The van der Waals surface area contributed by atoms with Crippen LogP contribution in [0.25, 0.3) is 0 Å². The van der Waals surface area contributed by atoms with Gasteiger partial charge < -0.3 is 19.5 Å². The molecule has 6 atom stereocenters. The number of nitrogens with zero attached hydrogens (tertiary/aromatic N) is 1. The molecule has 2 heterocycles. The molecular formula is C25H33BCl2N2O4. The number of hydrogen-bond donors (Lipinski definition) is 1. The fourth-order valence-electron chi connectivity index (χ4n) is 6.49. The van der Waals surface area contributed by atoms with Crippen molar-refractivity contribution in [2.45, 2.75) is 84.1 Å². The lowest BCUT2D eigenvalue weighted by molar-refractivity contribution is -0.199. The van der Waals surface area contributed by atoms with Crippen molar-refractivity contribution < 1.29 is 18.9 Å². The van der Waals surface area contributed by atoms with E-state index < -0.39 is 13.2 Å². The Morgan fingerprint density at radius 3 is 2.74 bits per heavy atom. The zero-order valence-corrected chi connectivity index (χ0v) is 21.9. The third-order valence-electron chi connectivity index (χ3n) is 8.55. The number of hydrogen-bond acceptors (Lipinski definition) is 5. The maximum atomic E-state index is 13.2. The predicted octanol–water partition coefficient (Wildman–Crippen LogP) is 5.28. The lowest BCUT2D eigenvalue weighted by Crippen LogP contribution is -2.65. The summed E-state index contributed by atoms with van der Waals surface area (Å²) in [6.07, 6.45) is 2.62. The van der Waals surface area contributed by atoms with Crippen LogP contribution >= 0.6 is 23.2 Å². The topological polar surface area (TPSA) is 69.2 Å². The first-order valence-electron chi connectivity index (χ1n) is 12.3. The van der Waals surface area contributed by atoms with E-state index >= 15 is 0 Å². The van der Waals surface area contributed by atoms with Crippen molar-refractivity contribution in [1.29, 1.82) is 0 Å². The van der Waals surface area contributed by atoms with E-state index in [2.05, 4.69) is 45.1 Å². The molecule has 1 aromatic rings. The Balaban J connectivity index is 1.26. The highest BCUT2D eigenvalue weighted by atomic mass is 35.5. The van der Waals surface area contributed by atoms with Gasteiger partial charge in [0.15, 0.2) is 0 Å². The molecule has 6 rings (SSSR count). The summed E-state index contributed by atoms with van der Waals surface area (Å²) in [5.41, 5.74) is 1.26. The van der Waals surface area contributed by atoms with Gasteiger partial charge in [-0.15, -0.1) is 0 Å². The van der Waals surface area contributed by atoms with E-state index in [4.69, 9.17) is 37.3 Å². The number of oxime groups is 1. The van der Waals surface area contributed by atoms with E-state index in [9.17, 15) is 4.79 Å².